The van der Waals surface area contributed by atoms with Gasteiger partial charge in [-0.2, -0.15) is 0 Å². The van der Waals surface area contributed by atoms with E-state index >= 15 is 0 Å². The minimum absolute atomic E-state index is 0.127. The second-order valence-corrected chi connectivity index (χ2v) is 8.47. The second kappa shape index (κ2) is 8.61. The highest BCUT2D eigenvalue weighted by molar-refractivity contribution is 5.77. The average molecular weight is 371 g/mol. The maximum absolute atomic E-state index is 12.8. The number of piperidine rings is 2. The fraction of sp³-hybridized carbons (Fsp3) is 0.682. The molecule has 5 heteroatoms. The molecule has 1 aromatic heterocycles. The molecule has 1 aromatic carbocycles. The summed E-state index contributed by atoms with van der Waals surface area (Å²) in [6.07, 6.45) is 9.97. The Labute approximate surface area is 162 Å². The predicted molar refractivity (Wildman–Crippen MR) is 111 cm³/mol. The second-order valence-electron chi connectivity index (χ2n) is 8.47. The number of aryl methyl sites for hydroxylation is 2. The lowest BCUT2D eigenvalue weighted by molar-refractivity contribution is 0.344. The molecule has 2 aliphatic heterocycles. The van der Waals surface area contributed by atoms with Gasteiger partial charge in [-0.25, -0.2) is 4.79 Å². The minimum Gasteiger partial charge on any atom is -0.317 e. The Kier molecular flexibility index (Phi) is 5.98. The van der Waals surface area contributed by atoms with Gasteiger partial charge in [0, 0.05) is 13.6 Å². The van der Waals surface area contributed by atoms with Gasteiger partial charge in [0.2, 0.25) is 0 Å². The molecule has 148 valence electrons. The molecular formula is C22H34N4O. The van der Waals surface area contributed by atoms with Crippen LogP contribution >= 0.6 is 0 Å². The molecule has 3 heterocycles. The number of benzene rings is 1. The molecule has 2 aliphatic rings. The van der Waals surface area contributed by atoms with Gasteiger partial charge in [-0.05, 0) is 81.8 Å². The van der Waals surface area contributed by atoms with Crippen molar-refractivity contribution in [1.29, 1.82) is 0 Å². The molecule has 0 spiro atoms. The van der Waals surface area contributed by atoms with Gasteiger partial charge in [-0.15, -0.1) is 0 Å². The first kappa shape index (κ1) is 18.8. The third kappa shape index (κ3) is 4.14. The molecule has 2 saturated heterocycles. The zero-order valence-electron chi connectivity index (χ0n) is 16.7. The van der Waals surface area contributed by atoms with Crippen LogP contribution in [-0.4, -0.2) is 35.3 Å². The van der Waals surface area contributed by atoms with E-state index in [2.05, 4.69) is 28.8 Å². The van der Waals surface area contributed by atoms with Crippen LogP contribution in [-0.2, 0) is 13.5 Å². The quantitative estimate of drug-likeness (QED) is 0.769. The van der Waals surface area contributed by atoms with Gasteiger partial charge < -0.3 is 10.6 Å². The van der Waals surface area contributed by atoms with Crippen LogP contribution in [0.4, 0.5) is 0 Å². The summed E-state index contributed by atoms with van der Waals surface area (Å²) in [5, 5.41) is 6.88. The average Bonchev–Trinajstić information content (AvgIpc) is 2.97. The summed E-state index contributed by atoms with van der Waals surface area (Å²) in [5.41, 5.74) is 3.67. The molecule has 0 saturated carbocycles. The van der Waals surface area contributed by atoms with E-state index in [1.54, 1.807) is 0 Å². The first-order chi connectivity index (χ1) is 13.2. The molecule has 1 unspecified atom stereocenters. The number of fused-ring (bicyclic) bond motifs is 1. The summed E-state index contributed by atoms with van der Waals surface area (Å²) in [6, 6.07) is 6.94. The lowest BCUT2D eigenvalue weighted by Crippen LogP contribution is -2.36. The van der Waals surface area contributed by atoms with E-state index in [-0.39, 0.29) is 11.7 Å². The summed E-state index contributed by atoms with van der Waals surface area (Å²) < 4.78 is 3.85. The van der Waals surface area contributed by atoms with Gasteiger partial charge >= 0.3 is 5.69 Å². The van der Waals surface area contributed by atoms with Crippen molar-refractivity contribution in [3.8, 4) is 0 Å². The molecule has 0 bridgehead atoms. The van der Waals surface area contributed by atoms with Crippen molar-refractivity contribution in [3.63, 3.8) is 0 Å². The number of aromatic nitrogens is 2. The smallest absolute Gasteiger partial charge is 0.317 e. The summed E-state index contributed by atoms with van der Waals surface area (Å²) in [4.78, 5) is 12.8. The summed E-state index contributed by atoms with van der Waals surface area (Å²) >= 11 is 0. The predicted octanol–water partition coefficient (Wildman–Crippen LogP) is 2.98. The molecule has 4 rings (SSSR count). The van der Waals surface area contributed by atoms with E-state index in [1.807, 2.05) is 16.2 Å². The van der Waals surface area contributed by atoms with Gasteiger partial charge in [0.1, 0.15) is 0 Å². The number of nitrogens with one attached hydrogen (secondary N) is 2. The first-order valence-electron chi connectivity index (χ1n) is 10.9. The first-order valence-corrected chi connectivity index (χ1v) is 10.9. The Bertz CT molecular complexity index is 810. The SMILES string of the molecule is Cn1c(=O)n(C2CCCNC2)c2ccc(CCCCC3CCNCC3)cc21. The zero-order chi connectivity index (χ0) is 18.6. The Hall–Kier alpha value is -1.59. The highest BCUT2D eigenvalue weighted by Crippen LogP contribution is 2.24. The van der Waals surface area contributed by atoms with Crippen LogP contribution < -0.4 is 16.3 Å². The van der Waals surface area contributed by atoms with Crippen LogP contribution in [0, 0.1) is 5.92 Å². The van der Waals surface area contributed by atoms with Gasteiger partial charge in [-0.3, -0.25) is 9.13 Å². The van der Waals surface area contributed by atoms with E-state index in [4.69, 9.17) is 0 Å². The Morgan fingerprint density at radius 2 is 1.89 bits per heavy atom. The third-order valence-electron chi connectivity index (χ3n) is 6.58. The summed E-state index contributed by atoms with van der Waals surface area (Å²) in [5.74, 6) is 0.924. The van der Waals surface area contributed by atoms with Crippen molar-refractivity contribution in [3.05, 3.63) is 34.2 Å². The van der Waals surface area contributed by atoms with Gasteiger partial charge in [0.25, 0.3) is 0 Å². The Balaban J connectivity index is 1.42. The van der Waals surface area contributed by atoms with Crippen LogP contribution in [0.15, 0.2) is 23.0 Å². The number of hydrogen-bond donors (Lipinski definition) is 2. The fourth-order valence-electron chi connectivity index (χ4n) is 4.90. The molecule has 5 nitrogen and oxygen atoms in total. The molecule has 2 N–H and O–H groups in total. The van der Waals surface area contributed by atoms with Crippen LogP contribution in [0.2, 0.25) is 0 Å². The summed E-state index contributed by atoms with van der Waals surface area (Å²) in [7, 11) is 1.91. The molecule has 27 heavy (non-hydrogen) atoms. The van der Waals surface area contributed by atoms with Crippen molar-refractivity contribution in [2.45, 2.75) is 57.4 Å². The van der Waals surface area contributed by atoms with Crippen molar-refractivity contribution >= 4 is 11.0 Å². The van der Waals surface area contributed by atoms with Gasteiger partial charge in [0.15, 0.2) is 0 Å². The number of unbranched alkanes of at least 4 members (excludes halogenated alkanes) is 1. The van der Waals surface area contributed by atoms with E-state index in [0.29, 0.717) is 0 Å². The van der Waals surface area contributed by atoms with Gasteiger partial charge in [-0.1, -0.05) is 18.9 Å². The monoisotopic (exact) mass is 370 g/mol. The number of rotatable bonds is 6. The van der Waals surface area contributed by atoms with Crippen molar-refractivity contribution in [2.75, 3.05) is 26.2 Å². The maximum atomic E-state index is 12.8. The molecular weight excluding hydrogens is 336 g/mol. The van der Waals surface area contributed by atoms with Crippen LogP contribution in [0.25, 0.3) is 11.0 Å². The van der Waals surface area contributed by atoms with Crippen molar-refractivity contribution < 1.29 is 0 Å². The van der Waals surface area contributed by atoms with E-state index in [9.17, 15) is 4.79 Å². The molecule has 0 aliphatic carbocycles. The van der Waals surface area contributed by atoms with Crippen LogP contribution in [0.1, 0.15) is 56.6 Å². The van der Waals surface area contributed by atoms with E-state index in [1.165, 1.54) is 50.8 Å². The van der Waals surface area contributed by atoms with Crippen LogP contribution in [0.3, 0.4) is 0 Å². The third-order valence-corrected chi connectivity index (χ3v) is 6.58. The lowest BCUT2D eigenvalue weighted by Gasteiger charge is -2.24. The highest BCUT2D eigenvalue weighted by Gasteiger charge is 2.21. The topological polar surface area (TPSA) is 51.0 Å². The lowest BCUT2D eigenvalue weighted by atomic mass is 9.92. The number of hydrogen-bond acceptors (Lipinski definition) is 3. The van der Waals surface area contributed by atoms with Crippen LogP contribution in [0.5, 0.6) is 0 Å². The molecule has 0 amide bonds. The standard InChI is InChI=1S/C22H34N4O/c1-25-21-15-18(6-3-2-5-17-10-13-23-14-11-17)8-9-20(21)26(22(25)27)19-7-4-12-24-16-19/h8-9,15,17,19,23-24H,2-7,10-14,16H2,1H3. The molecule has 2 fully saturated rings. The largest absolute Gasteiger partial charge is 0.329 e. The number of nitrogens with zero attached hydrogens (tertiary/aromatic N) is 2. The normalized spacial score (nSPS) is 21.7. The maximum Gasteiger partial charge on any atom is 0.329 e. The van der Waals surface area contributed by atoms with E-state index < -0.39 is 0 Å². The Morgan fingerprint density at radius 1 is 1.04 bits per heavy atom. The number of imidazole rings is 1. The highest BCUT2D eigenvalue weighted by atomic mass is 16.1. The van der Waals surface area contributed by atoms with Crippen molar-refractivity contribution in [1.82, 2.24) is 19.8 Å². The Morgan fingerprint density at radius 3 is 2.67 bits per heavy atom. The zero-order valence-corrected chi connectivity index (χ0v) is 16.7. The minimum atomic E-state index is 0.127. The molecule has 1 atom stereocenters. The van der Waals surface area contributed by atoms with E-state index in [0.717, 1.165) is 49.3 Å². The molecule has 0 radical (unpaired) electrons. The summed E-state index contributed by atoms with van der Waals surface area (Å²) in [6.45, 7) is 4.36. The van der Waals surface area contributed by atoms with Gasteiger partial charge in [0.05, 0.1) is 17.1 Å². The fourth-order valence-corrected chi connectivity index (χ4v) is 4.90. The van der Waals surface area contributed by atoms with Crippen molar-refractivity contribution in [2.24, 2.45) is 13.0 Å². The molecule has 2 aromatic rings.